The molecule has 1 aliphatic heterocycles. The van der Waals surface area contributed by atoms with Gasteiger partial charge in [0.25, 0.3) is 0 Å². The Balaban J connectivity index is 1.57. The number of carbonyl (C=O) groups is 1. The van der Waals surface area contributed by atoms with Crippen molar-refractivity contribution in [2.75, 3.05) is 6.54 Å². The molecule has 1 aromatic carbocycles. The lowest BCUT2D eigenvalue weighted by Gasteiger charge is -2.35. The standard InChI is InChI=1S/C19H18F2N4O/c20-14-5-4-13(11-15(14)21)12-19(26)24-9-2-1-3-17(24)16-7-10-25-18(23-16)6-8-22-25/h4-8,10-11,17H,1-3,9,12H2/t17-/m1/s1. The summed E-state index contributed by atoms with van der Waals surface area (Å²) in [7, 11) is 0. The van der Waals surface area contributed by atoms with E-state index in [1.807, 2.05) is 18.3 Å². The van der Waals surface area contributed by atoms with E-state index in [1.165, 1.54) is 6.07 Å². The summed E-state index contributed by atoms with van der Waals surface area (Å²) >= 11 is 0. The van der Waals surface area contributed by atoms with Gasteiger partial charge in [0.05, 0.1) is 24.4 Å². The number of halogens is 2. The van der Waals surface area contributed by atoms with Crippen LogP contribution in [0.5, 0.6) is 0 Å². The summed E-state index contributed by atoms with van der Waals surface area (Å²) in [6.45, 7) is 0.638. The van der Waals surface area contributed by atoms with Crippen LogP contribution in [0.25, 0.3) is 5.65 Å². The van der Waals surface area contributed by atoms with E-state index in [0.717, 1.165) is 42.7 Å². The highest BCUT2D eigenvalue weighted by Gasteiger charge is 2.29. The summed E-state index contributed by atoms with van der Waals surface area (Å²) in [6, 6.07) is 7.18. The predicted molar refractivity (Wildman–Crippen MR) is 91.4 cm³/mol. The number of hydrogen-bond acceptors (Lipinski definition) is 3. The molecule has 5 nitrogen and oxygen atoms in total. The van der Waals surface area contributed by atoms with Crippen LogP contribution >= 0.6 is 0 Å². The molecule has 1 aliphatic rings. The monoisotopic (exact) mass is 356 g/mol. The van der Waals surface area contributed by atoms with Crippen molar-refractivity contribution in [2.45, 2.75) is 31.7 Å². The minimum Gasteiger partial charge on any atom is -0.334 e. The molecule has 0 N–H and O–H groups in total. The van der Waals surface area contributed by atoms with Gasteiger partial charge in [0.2, 0.25) is 5.91 Å². The van der Waals surface area contributed by atoms with E-state index in [9.17, 15) is 13.6 Å². The van der Waals surface area contributed by atoms with Gasteiger partial charge >= 0.3 is 0 Å². The number of aromatic nitrogens is 3. The molecule has 26 heavy (non-hydrogen) atoms. The minimum atomic E-state index is -0.932. The Hall–Kier alpha value is -2.83. The van der Waals surface area contributed by atoms with Crippen molar-refractivity contribution >= 4 is 11.6 Å². The molecule has 0 radical (unpaired) electrons. The van der Waals surface area contributed by atoms with Crippen LogP contribution in [0.3, 0.4) is 0 Å². The van der Waals surface area contributed by atoms with Crippen molar-refractivity contribution < 1.29 is 13.6 Å². The second-order valence-corrected chi connectivity index (χ2v) is 6.51. The average molecular weight is 356 g/mol. The summed E-state index contributed by atoms with van der Waals surface area (Å²) in [6.07, 6.45) is 6.34. The highest BCUT2D eigenvalue weighted by atomic mass is 19.2. The fourth-order valence-electron chi connectivity index (χ4n) is 3.48. The molecule has 0 bridgehead atoms. The Labute approximate surface area is 149 Å². The zero-order chi connectivity index (χ0) is 18.1. The highest BCUT2D eigenvalue weighted by Crippen LogP contribution is 2.30. The minimum absolute atomic E-state index is 0.0443. The third-order valence-corrected chi connectivity index (χ3v) is 4.78. The Morgan fingerprint density at radius 2 is 2.04 bits per heavy atom. The van der Waals surface area contributed by atoms with Gasteiger partial charge in [-0.15, -0.1) is 0 Å². The number of carbonyl (C=O) groups excluding carboxylic acids is 1. The molecule has 3 aromatic rings. The molecule has 3 heterocycles. The maximum absolute atomic E-state index is 13.4. The van der Waals surface area contributed by atoms with Crippen LogP contribution in [0.4, 0.5) is 8.78 Å². The molecule has 0 unspecified atom stereocenters. The van der Waals surface area contributed by atoms with Gasteiger partial charge in [-0.25, -0.2) is 18.3 Å². The van der Waals surface area contributed by atoms with Crippen LogP contribution in [0, 0.1) is 11.6 Å². The SMILES string of the molecule is O=C(Cc1ccc(F)c(F)c1)N1CCCC[C@@H]1c1ccn2nccc2n1. The second kappa shape index (κ2) is 6.82. The number of hydrogen-bond donors (Lipinski definition) is 0. The first-order valence-corrected chi connectivity index (χ1v) is 8.65. The van der Waals surface area contributed by atoms with Crippen LogP contribution in [0.1, 0.15) is 36.6 Å². The number of piperidine rings is 1. The lowest BCUT2D eigenvalue weighted by atomic mass is 9.98. The van der Waals surface area contributed by atoms with E-state index < -0.39 is 11.6 Å². The van der Waals surface area contributed by atoms with Crippen LogP contribution in [0.15, 0.2) is 42.7 Å². The first-order chi connectivity index (χ1) is 12.6. The van der Waals surface area contributed by atoms with E-state index in [4.69, 9.17) is 0 Å². The molecule has 4 rings (SSSR count). The predicted octanol–water partition coefficient (Wildman–Crippen LogP) is 3.30. The molecule has 134 valence electrons. The number of fused-ring (bicyclic) bond motifs is 1. The van der Waals surface area contributed by atoms with Gasteiger partial charge in [-0.05, 0) is 43.0 Å². The van der Waals surface area contributed by atoms with Crippen LogP contribution in [0.2, 0.25) is 0 Å². The van der Waals surface area contributed by atoms with Gasteiger partial charge in [0, 0.05) is 18.8 Å². The molecule has 2 aromatic heterocycles. The van der Waals surface area contributed by atoms with E-state index in [2.05, 4.69) is 10.1 Å². The summed E-state index contributed by atoms with van der Waals surface area (Å²) in [5.74, 6) is -1.94. The van der Waals surface area contributed by atoms with Gasteiger partial charge in [0.15, 0.2) is 17.3 Å². The third kappa shape index (κ3) is 3.16. The summed E-state index contributed by atoms with van der Waals surface area (Å²) in [5.41, 5.74) is 2.04. The third-order valence-electron chi connectivity index (χ3n) is 4.78. The summed E-state index contributed by atoms with van der Waals surface area (Å²) in [5, 5.41) is 4.14. The van der Waals surface area contributed by atoms with Gasteiger partial charge in [-0.2, -0.15) is 5.10 Å². The number of benzene rings is 1. The lowest BCUT2D eigenvalue weighted by Crippen LogP contribution is -2.39. The Morgan fingerprint density at radius 1 is 1.15 bits per heavy atom. The summed E-state index contributed by atoms with van der Waals surface area (Å²) in [4.78, 5) is 19.3. The number of nitrogens with zero attached hydrogens (tertiary/aromatic N) is 4. The van der Waals surface area contributed by atoms with Crippen molar-refractivity contribution in [3.63, 3.8) is 0 Å². The maximum Gasteiger partial charge on any atom is 0.227 e. The van der Waals surface area contributed by atoms with Crippen molar-refractivity contribution in [1.82, 2.24) is 19.5 Å². The second-order valence-electron chi connectivity index (χ2n) is 6.51. The fourth-order valence-corrected chi connectivity index (χ4v) is 3.48. The fraction of sp³-hybridized carbons (Fsp3) is 0.316. The first-order valence-electron chi connectivity index (χ1n) is 8.65. The van der Waals surface area contributed by atoms with Crippen LogP contribution in [-0.4, -0.2) is 31.9 Å². The Kier molecular flexibility index (Phi) is 4.36. The van der Waals surface area contributed by atoms with Crippen molar-refractivity contribution in [1.29, 1.82) is 0 Å². The average Bonchev–Trinajstić information content (AvgIpc) is 3.12. The van der Waals surface area contributed by atoms with Crippen molar-refractivity contribution in [3.05, 3.63) is 65.6 Å². The largest absolute Gasteiger partial charge is 0.334 e. The molecule has 0 spiro atoms. The van der Waals surface area contributed by atoms with Crippen molar-refractivity contribution in [2.24, 2.45) is 0 Å². The molecule has 1 saturated heterocycles. The molecule has 1 atom stereocenters. The number of likely N-dealkylation sites (tertiary alicyclic amines) is 1. The summed E-state index contributed by atoms with van der Waals surface area (Å²) < 4.78 is 28.2. The van der Waals surface area contributed by atoms with Gasteiger partial charge in [-0.1, -0.05) is 6.07 Å². The van der Waals surface area contributed by atoms with Gasteiger partial charge in [0.1, 0.15) is 0 Å². The molecular formula is C19H18F2N4O. The number of rotatable bonds is 3. The molecule has 0 saturated carbocycles. The molecule has 0 aliphatic carbocycles. The Bertz CT molecular complexity index is 956. The molecule has 1 amide bonds. The van der Waals surface area contributed by atoms with Gasteiger partial charge < -0.3 is 4.90 Å². The normalized spacial score (nSPS) is 17.6. The molecular weight excluding hydrogens is 338 g/mol. The maximum atomic E-state index is 13.4. The van der Waals surface area contributed by atoms with Crippen molar-refractivity contribution in [3.8, 4) is 0 Å². The quantitative estimate of drug-likeness (QED) is 0.723. The van der Waals surface area contributed by atoms with E-state index >= 15 is 0 Å². The number of amides is 1. The molecule has 1 fully saturated rings. The topological polar surface area (TPSA) is 50.5 Å². The zero-order valence-corrected chi connectivity index (χ0v) is 14.1. The van der Waals surface area contributed by atoms with E-state index in [0.29, 0.717) is 12.1 Å². The molecule has 7 heteroatoms. The van der Waals surface area contributed by atoms with E-state index in [-0.39, 0.29) is 18.4 Å². The van der Waals surface area contributed by atoms with Gasteiger partial charge in [-0.3, -0.25) is 4.79 Å². The first kappa shape index (κ1) is 16.6. The highest BCUT2D eigenvalue weighted by molar-refractivity contribution is 5.79. The van der Waals surface area contributed by atoms with Crippen LogP contribution in [-0.2, 0) is 11.2 Å². The zero-order valence-electron chi connectivity index (χ0n) is 14.1. The van der Waals surface area contributed by atoms with Crippen LogP contribution < -0.4 is 0 Å². The Morgan fingerprint density at radius 3 is 2.88 bits per heavy atom. The lowest BCUT2D eigenvalue weighted by molar-refractivity contribution is -0.134. The van der Waals surface area contributed by atoms with E-state index in [1.54, 1.807) is 15.6 Å². The smallest absolute Gasteiger partial charge is 0.227 e.